The Morgan fingerprint density at radius 1 is 1.07 bits per heavy atom. The molecular formula is C10H13NO4. The minimum absolute atomic E-state index is 0.384. The Hall–Kier alpha value is -1.91. The maximum absolute atomic E-state index is 10.9. The Morgan fingerprint density at radius 2 is 1.60 bits per heavy atom. The van der Waals surface area contributed by atoms with Crippen LogP contribution in [-0.2, 0) is 19.1 Å². The summed E-state index contributed by atoms with van der Waals surface area (Å²) in [6.07, 6.45) is 5.24. The maximum Gasteiger partial charge on any atom is 0.330 e. The quantitative estimate of drug-likeness (QED) is 0.390. The van der Waals surface area contributed by atoms with Crippen LogP contribution in [0.4, 0.5) is 0 Å². The van der Waals surface area contributed by atoms with Gasteiger partial charge in [-0.25, -0.2) is 4.79 Å². The molecule has 0 atom stereocenters. The van der Waals surface area contributed by atoms with Crippen molar-refractivity contribution in [3.8, 4) is 0 Å². The third-order valence-corrected chi connectivity index (χ3v) is 1.46. The number of rotatable bonds is 3. The van der Waals surface area contributed by atoms with Gasteiger partial charge in [-0.3, -0.25) is 14.5 Å². The zero-order chi connectivity index (χ0) is 11.8. The van der Waals surface area contributed by atoms with E-state index in [1.807, 2.05) is 0 Å². The zero-order valence-corrected chi connectivity index (χ0v) is 8.89. The van der Waals surface area contributed by atoms with E-state index in [2.05, 4.69) is 4.74 Å². The third-order valence-electron chi connectivity index (χ3n) is 1.46. The van der Waals surface area contributed by atoms with E-state index in [9.17, 15) is 14.4 Å². The summed E-state index contributed by atoms with van der Waals surface area (Å²) < 4.78 is 4.35. The molecule has 0 rings (SSSR count). The largest absolute Gasteiger partial charge is 0.466 e. The fourth-order valence-corrected chi connectivity index (χ4v) is 0.770. The molecule has 82 valence electrons. The van der Waals surface area contributed by atoms with Gasteiger partial charge in [-0.05, 0) is 6.08 Å². The predicted molar refractivity (Wildman–Crippen MR) is 53.5 cm³/mol. The molecule has 0 bridgehead atoms. The van der Waals surface area contributed by atoms with Crippen LogP contribution in [0.1, 0.15) is 13.8 Å². The Morgan fingerprint density at radius 3 is 2.00 bits per heavy atom. The van der Waals surface area contributed by atoms with E-state index in [4.69, 9.17) is 0 Å². The van der Waals surface area contributed by atoms with E-state index in [0.717, 1.165) is 4.90 Å². The molecule has 5 heteroatoms. The van der Waals surface area contributed by atoms with Gasteiger partial charge in [-0.1, -0.05) is 6.08 Å². The van der Waals surface area contributed by atoms with Crippen molar-refractivity contribution in [1.29, 1.82) is 0 Å². The summed E-state index contributed by atoms with van der Waals surface area (Å²) in [5, 5.41) is 0. The summed E-state index contributed by atoms with van der Waals surface area (Å²) in [7, 11) is 1.26. The molecule has 0 aromatic carbocycles. The molecule has 5 nitrogen and oxygen atoms in total. The van der Waals surface area contributed by atoms with Crippen LogP contribution >= 0.6 is 0 Å². The van der Waals surface area contributed by atoms with Crippen molar-refractivity contribution in [2.24, 2.45) is 0 Å². The molecule has 0 heterocycles. The molecular weight excluding hydrogens is 198 g/mol. The molecule has 0 fully saturated rings. The second kappa shape index (κ2) is 6.53. The van der Waals surface area contributed by atoms with Gasteiger partial charge >= 0.3 is 5.97 Å². The monoisotopic (exact) mass is 211 g/mol. The first-order chi connectivity index (χ1) is 6.99. The molecule has 0 saturated heterocycles. The smallest absolute Gasteiger partial charge is 0.330 e. The highest BCUT2D eigenvalue weighted by atomic mass is 16.5. The van der Waals surface area contributed by atoms with Crippen LogP contribution in [0.5, 0.6) is 0 Å². The van der Waals surface area contributed by atoms with Gasteiger partial charge in [-0.2, -0.15) is 0 Å². The molecule has 0 N–H and O–H groups in total. The first-order valence-corrected chi connectivity index (χ1v) is 4.22. The summed E-state index contributed by atoms with van der Waals surface area (Å²) >= 11 is 0. The lowest BCUT2D eigenvalue weighted by atomic mass is 10.4. The molecule has 0 spiro atoms. The van der Waals surface area contributed by atoms with Crippen LogP contribution < -0.4 is 0 Å². The Labute approximate surface area is 88.0 Å². The maximum atomic E-state index is 10.9. The molecule has 0 aliphatic carbocycles. The first-order valence-electron chi connectivity index (χ1n) is 4.22. The van der Waals surface area contributed by atoms with Crippen molar-refractivity contribution in [2.45, 2.75) is 13.8 Å². The third kappa shape index (κ3) is 5.41. The molecule has 0 aliphatic rings. The normalized spacial score (nSPS) is 10.6. The number of carbonyl (C=O) groups excluding carboxylic acids is 3. The molecule has 0 saturated carbocycles. The number of esters is 1. The van der Waals surface area contributed by atoms with Crippen molar-refractivity contribution in [1.82, 2.24) is 4.90 Å². The van der Waals surface area contributed by atoms with Gasteiger partial charge in [-0.15, -0.1) is 0 Å². The topological polar surface area (TPSA) is 63.7 Å². The van der Waals surface area contributed by atoms with E-state index < -0.39 is 5.97 Å². The van der Waals surface area contributed by atoms with Gasteiger partial charge in [0.1, 0.15) is 0 Å². The highest BCUT2D eigenvalue weighted by Crippen LogP contribution is 1.93. The van der Waals surface area contributed by atoms with Crippen molar-refractivity contribution < 1.29 is 19.1 Å². The molecule has 0 radical (unpaired) electrons. The summed E-state index contributed by atoms with van der Waals surface area (Å²) in [6.45, 7) is 2.55. The number of methoxy groups -OCH3 is 1. The van der Waals surface area contributed by atoms with Crippen LogP contribution in [0.3, 0.4) is 0 Å². The minimum Gasteiger partial charge on any atom is -0.466 e. The molecule has 15 heavy (non-hydrogen) atoms. The predicted octanol–water partition coefficient (Wildman–Crippen LogP) is 0.624. The summed E-state index contributed by atoms with van der Waals surface area (Å²) in [4.78, 5) is 33.4. The summed E-state index contributed by atoms with van der Waals surface area (Å²) in [6, 6.07) is 0. The minimum atomic E-state index is -0.503. The lowest BCUT2D eigenvalue weighted by Crippen LogP contribution is -2.27. The number of hydrogen-bond acceptors (Lipinski definition) is 4. The first kappa shape index (κ1) is 13.1. The van der Waals surface area contributed by atoms with Crippen LogP contribution in [0.2, 0.25) is 0 Å². The number of nitrogens with zero attached hydrogens (tertiary/aromatic N) is 1. The highest BCUT2D eigenvalue weighted by molar-refractivity contribution is 5.94. The van der Waals surface area contributed by atoms with Gasteiger partial charge in [0.05, 0.1) is 7.11 Å². The zero-order valence-electron chi connectivity index (χ0n) is 8.89. The Balaban J connectivity index is 4.36. The summed E-state index contributed by atoms with van der Waals surface area (Å²) in [5.74, 6) is -1.27. The van der Waals surface area contributed by atoms with E-state index in [0.29, 0.717) is 0 Å². The van der Waals surface area contributed by atoms with Gasteiger partial charge in [0, 0.05) is 26.1 Å². The second-order valence-corrected chi connectivity index (χ2v) is 2.63. The van der Waals surface area contributed by atoms with Gasteiger partial charge < -0.3 is 4.74 Å². The number of imide groups is 1. The fraction of sp³-hybridized carbons (Fsp3) is 0.300. The van der Waals surface area contributed by atoms with E-state index in [-0.39, 0.29) is 11.8 Å². The van der Waals surface area contributed by atoms with E-state index in [1.165, 1.54) is 45.4 Å². The van der Waals surface area contributed by atoms with Crippen molar-refractivity contribution >= 4 is 17.8 Å². The molecule has 0 unspecified atom stereocenters. The standard InChI is InChI=1S/C10H13NO4/c1-8(12)11(9(2)13)7-5-4-6-10(14)15-3/h4-7H,1-3H3/b6-4+,7-5+. The van der Waals surface area contributed by atoms with Crippen LogP contribution in [-0.4, -0.2) is 29.8 Å². The SMILES string of the molecule is COC(=O)/C=C/C=C/N(C(C)=O)C(C)=O. The average Bonchev–Trinajstić information content (AvgIpc) is 2.15. The lowest BCUT2D eigenvalue weighted by molar-refractivity contribution is -0.139. The number of allylic oxidation sites excluding steroid dienone is 2. The van der Waals surface area contributed by atoms with Crippen molar-refractivity contribution in [3.05, 3.63) is 24.4 Å². The molecule has 0 aliphatic heterocycles. The van der Waals surface area contributed by atoms with E-state index in [1.54, 1.807) is 0 Å². The van der Waals surface area contributed by atoms with Gasteiger partial charge in [0.2, 0.25) is 11.8 Å². The van der Waals surface area contributed by atoms with Crippen molar-refractivity contribution in [3.63, 3.8) is 0 Å². The van der Waals surface area contributed by atoms with Gasteiger partial charge in [0.15, 0.2) is 0 Å². The summed E-state index contributed by atoms with van der Waals surface area (Å²) in [5.41, 5.74) is 0. The highest BCUT2D eigenvalue weighted by Gasteiger charge is 2.08. The van der Waals surface area contributed by atoms with Crippen LogP contribution in [0.25, 0.3) is 0 Å². The van der Waals surface area contributed by atoms with Crippen LogP contribution in [0.15, 0.2) is 24.4 Å². The van der Waals surface area contributed by atoms with Crippen LogP contribution in [0, 0.1) is 0 Å². The average molecular weight is 211 g/mol. The number of amides is 2. The Bertz CT molecular complexity index is 303. The van der Waals surface area contributed by atoms with Gasteiger partial charge in [0.25, 0.3) is 0 Å². The lowest BCUT2D eigenvalue weighted by Gasteiger charge is -2.09. The molecule has 0 aromatic rings. The second-order valence-electron chi connectivity index (χ2n) is 2.63. The fourth-order valence-electron chi connectivity index (χ4n) is 0.770. The number of carbonyl (C=O) groups is 3. The number of ether oxygens (including phenoxy) is 1. The number of hydrogen-bond donors (Lipinski definition) is 0. The van der Waals surface area contributed by atoms with Crippen molar-refractivity contribution in [2.75, 3.05) is 7.11 Å². The molecule has 2 amide bonds. The Kier molecular flexibility index (Phi) is 5.70. The van der Waals surface area contributed by atoms with E-state index >= 15 is 0 Å². The molecule has 0 aromatic heterocycles.